The van der Waals surface area contributed by atoms with Crippen LogP contribution in [0.25, 0.3) is 0 Å². The Morgan fingerprint density at radius 3 is 2.19 bits per heavy atom. The third kappa shape index (κ3) is 7.34. The average Bonchev–Trinajstić information content (AvgIpc) is 2.24. The van der Waals surface area contributed by atoms with E-state index in [0.29, 0.717) is 0 Å². The number of benzene rings is 1. The number of amides is 2. The second kappa shape index (κ2) is 7.11. The predicted octanol–water partition coefficient (Wildman–Crippen LogP) is 3.16. The molecule has 0 aliphatic heterocycles. The minimum absolute atomic E-state index is 0.143. The predicted molar refractivity (Wildman–Crippen MR) is 83.4 cm³/mol. The van der Waals surface area contributed by atoms with E-state index in [1.807, 2.05) is 32.0 Å². The molecule has 1 aromatic rings. The Hall–Kier alpha value is -2.04. The number of carbonyl (C=O) groups is 2. The molecule has 0 spiro atoms. The maximum absolute atomic E-state index is 11.8. The van der Waals surface area contributed by atoms with E-state index in [1.165, 1.54) is 0 Å². The van der Waals surface area contributed by atoms with Gasteiger partial charge < -0.3 is 15.4 Å². The largest absolute Gasteiger partial charge is 0.444 e. The Labute approximate surface area is 126 Å². The minimum atomic E-state index is -0.536. The van der Waals surface area contributed by atoms with Crippen LogP contribution in [0.3, 0.4) is 0 Å². The van der Waals surface area contributed by atoms with Gasteiger partial charge in [0, 0.05) is 18.7 Å². The summed E-state index contributed by atoms with van der Waals surface area (Å²) >= 11 is 0. The van der Waals surface area contributed by atoms with Crippen molar-refractivity contribution in [1.29, 1.82) is 0 Å². The van der Waals surface area contributed by atoms with E-state index in [-0.39, 0.29) is 18.9 Å². The van der Waals surface area contributed by atoms with E-state index in [2.05, 4.69) is 10.6 Å². The fraction of sp³-hybridized carbons (Fsp3) is 0.500. The summed E-state index contributed by atoms with van der Waals surface area (Å²) in [4.78, 5) is 23.2. The Morgan fingerprint density at radius 1 is 1.10 bits per heavy atom. The zero-order valence-corrected chi connectivity index (χ0v) is 13.4. The number of ether oxygens (including phenoxy) is 1. The van der Waals surface area contributed by atoms with Gasteiger partial charge in [-0.1, -0.05) is 6.07 Å². The fourth-order valence-electron chi connectivity index (χ4n) is 1.86. The topological polar surface area (TPSA) is 67.4 Å². The van der Waals surface area contributed by atoms with Crippen LogP contribution in [0.5, 0.6) is 0 Å². The van der Waals surface area contributed by atoms with Crippen LogP contribution >= 0.6 is 0 Å². The molecule has 21 heavy (non-hydrogen) atoms. The van der Waals surface area contributed by atoms with E-state index < -0.39 is 11.7 Å². The molecule has 0 aliphatic rings. The molecule has 0 heterocycles. The summed E-state index contributed by atoms with van der Waals surface area (Å²) in [7, 11) is 0. The molecule has 0 bridgehead atoms. The van der Waals surface area contributed by atoms with Crippen LogP contribution in [-0.4, -0.2) is 24.1 Å². The van der Waals surface area contributed by atoms with Crippen molar-refractivity contribution in [1.82, 2.24) is 5.32 Å². The molecule has 5 heteroatoms. The van der Waals surface area contributed by atoms with Gasteiger partial charge in [0.25, 0.3) is 0 Å². The lowest BCUT2D eigenvalue weighted by atomic mass is 10.1. The van der Waals surface area contributed by atoms with Gasteiger partial charge >= 0.3 is 6.09 Å². The summed E-state index contributed by atoms with van der Waals surface area (Å²) in [6.07, 6.45) is -0.312. The number of hydrogen-bond donors (Lipinski definition) is 2. The number of alkyl carbamates (subject to hydrolysis) is 1. The Morgan fingerprint density at radius 2 is 1.67 bits per heavy atom. The van der Waals surface area contributed by atoms with Gasteiger partial charge in [0.1, 0.15) is 5.60 Å². The zero-order chi connectivity index (χ0) is 16.0. The molecule has 5 nitrogen and oxygen atoms in total. The number of nitrogens with one attached hydrogen (secondary N) is 2. The van der Waals surface area contributed by atoms with Crippen molar-refractivity contribution in [3.05, 3.63) is 29.3 Å². The van der Waals surface area contributed by atoms with Gasteiger partial charge in [-0.2, -0.15) is 0 Å². The maximum atomic E-state index is 11.8. The summed E-state index contributed by atoms with van der Waals surface area (Å²) in [5.74, 6) is -0.143. The second-order valence-electron chi connectivity index (χ2n) is 6.10. The molecule has 2 N–H and O–H groups in total. The first-order valence-electron chi connectivity index (χ1n) is 7.01. The van der Waals surface area contributed by atoms with E-state index in [0.717, 1.165) is 16.8 Å². The van der Waals surface area contributed by atoms with Crippen LogP contribution in [-0.2, 0) is 9.53 Å². The highest BCUT2D eigenvalue weighted by Crippen LogP contribution is 2.13. The highest BCUT2D eigenvalue weighted by Gasteiger charge is 2.15. The summed E-state index contributed by atoms with van der Waals surface area (Å²) < 4.78 is 5.09. The number of rotatable bonds is 4. The fourth-order valence-corrected chi connectivity index (χ4v) is 1.86. The lowest BCUT2D eigenvalue weighted by Crippen LogP contribution is -2.34. The molecule has 1 rings (SSSR count). The van der Waals surface area contributed by atoms with E-state index in [4.69, 9.17) is 4.74 Å². The quantitative estimate of drug-likeness (QED) is 0.895. The lowest BCUT2D eigenvalue weighted by molar-refractivity contribution is -0.116. The zero-order valence-electron chi connectivity index (χ0n) is 13.4. The van der Waals surface area contributed by atoms with Gasteiger partial charge in [-0.3, -0.25) is 4.79 Å². The van der Waals surface area contributed by atoms with Crippen LogP contribution < -0.4 is 10.6 Å². The normalized spacial score (nSPS) is 10.9. The molecule has 0 saturated carbocycles. The molecule has 0 atom stereocenters. The first-order valence-corrected chi connectivity index (χ1v) is 7.01. The minimum Gasteiger partial charge on any atom is -0.444 e. The Kier molecular flexibility index (Phi) is 5.76. The molecule has 0 aromatic heterocycles. The number of aryl methyl sites for hydroxylation is 2. The molecular weight excluding hydrogens is 268 g/mol. The van der Waals surface area contributed by atoms with Gasteiger partial charge in [0.15, 0.2) is 0 Å². The monoisotopic (exact) mass is 292 g/mol. The van der Waals surface area contributed by atoms with Gasteiger partial charge in [0.05, 0.1) is 0 Å². The molecular formula is C16H24N2O3. The second-order valence-corrected chi connectivity index (χ2v) is 6.10. The maximum Gasteiger partial charge on any atom is 0.407 e. The first-order chi connectivity index (χ1) is 9.65. The van der Waals surface area contributed by atoms with E-state index >= 15 is 0 Å². The molecule has 0 saturated heterocycles. The number of carbonyl (C=O) groups excluding carboxylic acids is 2. The Bertz CT molecular complexity index is 498. The summed E-state index contributed by atoms with van der Waals surface area (Å²) in [6.45, 7) is 9.57. The van der Waals surface area contributed by atoms with Gasteiger partial charge in [-0.05, 0) is 57.9 Å². The molecule has 0 aliphatic carbocycles. The van der Waals surface area contributed by atoms with E-state index in [9.17, 15) is 9.59 Å². The first kappa shape index (κ1) is 17.0. The molecule has 0 unspecified atom stereocenters. The Balaban J connectivity index is 2.36. The number of hydrogen-bond acceptors (Lipinski definition) is 3. The highest BCUT2D eigenvalue weighted by atomic mass is 16.6. The van der Waals surface area contributed by atoms with Crippen molar-refractivity contribution in [2.75, 3.05) is 11.9 Å². The van der Waals surface area contributed by atoms with E-state index in [1.54, 1.807) is 20.8 Å². The summed E-state index contributed by atoms with van der Waals surface area (Å²) in [5.41, 5.74) is 2.43. The lowest BCUT2D eigenvalue weighted by Gasteiger charge is -2.19. The molecule has 0 radical (unpaired) electrons. The standard InChI is InChI=1S/C16H24N2O3/c1-11-8-12(2)10-13(9-11)18-14(19)6-7-17-15(20)21-16(3,4)5/h8-10H,6-7H2,1-5H3,(H,17,20)(H,18,19). The van der Waals surface area contributed by atoms with Crippen LogP contribution in [0, 0.1) is 13.8 Å². The van der Waals surface area contributed by atoms with Gasteiger partial charge in [0.2, 0.25) is 5.91 Å². The van der Waals surface area contributed by atoms with Gasteiger partial charge in [-0.15, -0.1) is 0 Å². The van der Waals surface area contributed by atoms with Crippen LogP contribution in [0.4, 0.5) is 10.5 Å². The number of anilines is 1. The average molecular weight is 292 g/mol. The third-order valence-corrected chi connectivity index (χ3v) is 2.53. The summed E-state index contributed by atoms with van der Waals surface area (Å²) in [5, 5.41) is 5.37. The van der Waals surface area contributed by atoms with Crippen LogP contribution in [0.15, 0.2) is 18.2 Å². The van der Waals surface area contributed by atoms with Crippen molar-refractivity contribution in [3.63, 3.8) is 0 Å². The molecule has 2 amide bonds. The molecule has 116 valence electrons. The third-order valence-electron chi connectivity index (χ3n) is 2.53. The van der Waals surface area contributed by atoms with Crippen molar-refractivity contribution in [3.8, 4) is 0 Å². The van der Waals surface area contributed by atoms with Crippen LogP contribution in [0.1, 0.15) is 38.3 Å². The SMILES string of the molecule is Cc1cc(C)cc(NC(=O)CCNC(=O)OC(C)(C)C)c1. The highest BCUT2D eigenvalue weighted by molar-refractivity contribution is 5.91. The van der Waals surface area contributed by atoms with Crippen molar-refractivity contribution in [2.24, 2.45) is 0 Å². The van der Waals surface area contributed by atoms with Crippen molar-refractivity contribution in [2.45, 2.75) is 46.6 Å². The molecule has 0 fully saturated rings. The summed E-state index contributed by atoms with van der Waals surface area (Å²) in [6, 6.07) is 5.86. The molecule has 1 aromatic carbocycles. The van der Waals surface area contributed by atoms with Crippen molar-refractivity contribution < 1.29 is 14.3 Å². The van der Waals surface area contributed by atoms with Crippen LogP contribution in [0.2, 0.25) is 0 Å². The smallest absolute Gasteiger partial charge is 0.407 e. The van der Waals surface area contributed by atoms with Gasteiger partial charge in [-0.25, -0.2) is 4.79 Å². The van der Waals surface area contributed by atoms with Crippen molar-refractivity contribution >= 4 is 17.7 Å².